The predicted octanol–water partition coefficient (Wildman–Crippen LogP) is -0.423. The Balaban J connectivity index is 1.42. The number of hydrogen-bond acceptors (Lipinski definition) is 7. The van der Waals surface area contributed by atoms with Crippen LogP contribution >= 0.6 is 0 Å². The van der Waals surface area contributed by atoms with E-state index in [1.165, 1.54) is 29.3 Å². The molecule has 4 rings (SSSR count). The highest BCUT2D eigenvalue weighted by atomic mass is 32.2. The van der Waals surface area contributed by atoms with E-state index in [1.807, 2.05) is 0 Å². The highest BCUT2D eigenvalue weighted by Gasteiger charge is 2.38. The van der Waals surface area contributed by atoms with Crippen LogP contribution in [0.25, 0.3) is 0 Å². The Morgan fingerprint density at radius 1 is 1.10 bits per heavy atom. The van der Waals surface area contributed by atoms with Gasteiger partial charge in [-0.3, -0.25) is 19.5 Å². The van der Waals surface area contributed by atoms with Gasteiger partial charge in [0, 0.05) is 38.6 Å². The fourth-order valence-electron chi connectivity index (χ4n) is 4.23. The zero-order valence-corrected chi connectivity index (χ0v) is 17.2. The maximum Gasteiger partial charge on any atom is 0.270 e. The van der Waals surface area contributed by atoms with Gasteiger partial charge >= 0.3 is 0 Å². The molecule has 0 spiro atoms. The Kier molecular flexibility index (Phi) is 5.49. The van der Waals surface area contributed by atoms with Crippen molar-refractivity contribution in [2.75, 3.05) is 42.7 Å². The fraction of sp³-hybridized carbons (Fsp3) is 0.526. The first-order valence-corrected chi connectivity index (χ1v) is 11.7. The van der Waals surface area contributed by atoms with Gasteiger partial charge in [-0.05, 0) is 30.7 Å². The van der Waals surface area contributed by atoms with Crippen molar-refractivity contribution >= 4 is 33.1 Å². The smallest absolute Gasteiger partial charge is 0.270 e. The van der Waals surface area contributed by atoms with Crippen LogP contribution in [-0.4, -0.2) is 85.5 Å². The van der Waals surface area contributed by atoms with Crippen LogP contribution in [0.4, 0.5) is 10.1 Å². The quantitative estimate of drug-likeness (QED) is 0.684. The number of hydrazone groups is 1. The van der Waals surface area contributed by atoms with Crippen molar-refractivity contribution in [3.8, 4) is 0 Å². The highest BCUT2D eigenvalue weighted by Crippen LogP contribution is 2.26. The number of nitrogens with zero attached hydrogens (tertiary/aromatic N) is 4. The number of halogens is 1. The first-order valence-electron chi connectivity index (χ1n) is 9.89. The van der Waals surface area contributed by atoms with E-state index in [-0.39, 0.29) is 35.6 Å². The monoisotopic (exact) mass is 437 g/mol. The minimum Gasteiger partial charge on any atom is -0.368 e. The lowest BCUT2D eigenvalue weighted by atomic mass is 10.1. The molecule has 2 N–H and O–H groups in total. The highest BCUT2D eigenvalue weighted by molar-refractivity contribution is 7.91. The lowest BCUT2D eigenvalue weighted by molar-refractivity contribution is -0.126. The number of sulfone groups is 1. The molecule has 2 saturated heterocycles. The summed E-state index contributed by atoms with van der Waals surface area (Å²) in [6.45, 7) is 2.12. The minimum atomic E-state index is -2.95. The maximum absolute atomic E-state index is 13.2. The van der Waals surface area contributed by atoms with Gasteiger partial charge in [-0.15, -0.1) is 0 Å². The summed E-state index contributed by atoms with van der Waals surface area (Å²) in [5.74, 6) is -0.883. The number of anilines is 1. The van der Waals surface area contributed by atoms with Gasteiger partial charge in [-0.1, -0.05) is 0 Å². The largest absolute Gasteiger partial charge is 0.368 e. The molecule has 1 aromatic rings. The van der Waals surface area contributed by atoms with E-state index < -0.39 is 27.6 Å². The molecule has 3 aliphatic heterocycles. The van der Waals surface area contributed by atoms with Crippen molar-refractivity contribution in [2.24, 2.45) is 10.8 Å². The normalized spacial score (nSPS) is 26.6. The summed E-state index contributed by atoms with van der Waals surface area (Å²) < 4.78 is 36.6. The molecule has 2 amide bonds. The lowest BCUT2D eigenvalue weighted by Gasteiger charge is -2.37. The molecule has 30 heavy (non-hydrogen) atoms. The third-order valence-corrected chi connectivity index (χ3v) is 7.65. The van der Waals surface area contributed by atoms with Crippen LogP contribution in [-0.2, 0) is 19.4 Å². The molecule has 0 saturated carbocycles. The van der Waals surface area contributed by atoms with Crippen molar-refractivity contribution < 1.29 is 22.4 Å². The van der Waals surface area contributed by atoms with E-state index in [2.05, 4.69) is 10.0 Å². The van der Waals surface area contributed by atoms with Crippen LogP contribution in [0.2, 0.25) is 0 Å². The summed E-state index contributed by atoms with van der Waals surface area (Å²) in [6, 6.07) is 4.69. The van der Waals surface area contributed by atoms with Crippen LogP contribution in [0.15, 0.2) is 29.4 Å². The summed E-state index contributed by atoms with van der Waals surface area (Å²) in [5, 5.41) is 5.69. The number of carbonyl (C=O) groups excluding carboxylic acids is 2. The zero-order chi connectivity index (χ0) is 21.5. The molecular weight excluding hydrogens is 413 g/mol. The van der Waals surface area contributed by atoms with Crippen LogP contribution < -0.4 is 10.7 Å². The molecule has 2 atom stereocenters. The number of benzene rings is 1. The maximum atomic E-state index is 13.2. The number of rotatable bonds is 4. The minimum absolute atomic E-state index is 0.0179. The molecule has 0 aliphatic carbocycles. The van der Waals surface area contributed by atoms with Gasteiger partial charge in [0.2, 0.25) is 5.91 Å². The summed E-state index contributed by atoms with van der Waals surface area (Å²) in [6.07, 6.45) is 0.725. The second kappa shape index (κ2) is 7.95. The Morgan fingerprint density at radius 3 is 2.33 bits per heavy atom. The van der Waals surface area contributed by atoms with Crippen molar-refractivity contribution in [3.63, 3.8) is 0 Å². The molecule has 3 aliphatic rings. The van der Waals surface area contributed by atoms with Gasteiger partial charge in [-0.25, -0.2) is 12.8 Å². The van der Waals surface area contributed by atoms with E-state index in [4.69, 9.17) is 5.73 Å². The first-order chi connectivity index (χ1) is 14.2. The third-order valence-electron chi connectivity index (χ3n) is 5.90. The molecule has 0 aromatic heterocycles. The van der Waals surface area contributed by atoms with Crippen LogP contribution in [0, 0.1) is 5.82 Å². The number of hydrogen-bond donors (Lipinski definition) is 1. The molecule has 3 heterocycles. The number of primary amides is 1. The summed E-state index contributed by atoms with van der Waals surface area (Å²) in [7, 11) is -2.95. The molecule has 9 nitrogen and oxygen atoms in total. The van der Waals surface area contributed by atoms with Gasteiger partial charge in [0.15, 0.2) is 9.84 Å². The Bertz CT molecular complexity index is 973. The average molecular weight is 437 g/mol. The Labute approximate surface area is 174 Å². The van der Waals surface area contributed by atoms with Crippen molar-refractivity contribution in [3.05, 3.63) is 30.1 Å². The molecular formula is C19H24FN5O4S. The molecule has 2 unspecified atom stereocenters. The fourth-order valence-corrected chi connectivity index (χ4v) is 5.99. The van der Waals surface area contributed by atoms with Gasteiger partial charge < -0.3 is 10.6 Å². The van der Waals surface area contributed by atoms with Crippen molar-refractivity contribution in [2.45, 2.75) is 24.9 Å². The summed E-state index contributed by atoms with van der Waals surface area (Å²) in [5.41, 5.74) is 6.22. The molecule has 162 valence electrons. The standard InChI is InChI=1S/C19H24FN5O4S/c20-13-1-3-14(4-2-13)25-17(18(21)26)11-16(22-25)19(27)24-8-6-23(7-9-24)15-5-10-30(28,29)12-15/h1-4,15,17H,5-12H2,(H2,21,26). The van der Waals surface area contributed by atoms with Crippen LogP contribution in [0.1, 0.15) is 12.8 Å². The van der Waals surface area contributed by atoms with E-state index >= 15 is 0 Å². The van der Waals surface area contributed by atoms with Crippen LogP contribution in [0.3, 0.4) is 0 Å². The molecule has 1 aromatic carbocycles. The molecule has 0 bridgehead atoms. The Hall–Kier alpha value is -2.53. The average Bonchev–Trinajstić information content (AvgIpc) is 3.32. The second-order valence-electron chi connectivity index (χ2n) is 7.88. The van der Waals surface area contributed by atoms with Gasteiger partial charge in [0.1, 0.15) is 17.6 Å². The topological polar surface area (TPSA) is 116 Å². The van der Waals surface area contributed by atoms with E-state index in [1.54, 1.807) is 4.90 Å². The number of nitrogens with two attached hydrogens (primary N) is 1. The lowest BCUT2D eigenvalue weighted by Crippen LogP contribution is -2.53. The van der Waals surface area contributed by atoms with Gasteiger partial charge in [0.05, 0.1) is 17.2 Å². The molecule has 11 heteroatoms. The molecule has 0 radical (unpaired) electrons. The van der Waals surface area contributed by atoms with Crippen molar-refractivity contribution in [1.82, 2.24) is 9.80 Å². The summed E-state index contributed by atoms with van der Waals surface area (Å²) in [4.78, 5) is 28.7. The SMILES string of the molecule is NC(=O)C1CC(C(=O)N2CCN(C3CCS(=O)(=O)C3)CC2)=NN1c1ccc(F)cc1. The van der Waals surface area contributed by atoms with Crippen molar-refractivity contribution in [1.29, 1.82) is 0 Å². The van der Waals surface area contributed by atoms with E-state index in [0.29, 0.717) is 38.3 Å². The van der Waals surface area contributed by atoms with Gasteiger partial charge in [0.25, 0.3) is 5.91 Å². The number of carbonyl (C=O) groups is 2. The second-order valence-corrected chi connectivity index (χ2v) is 10.1. The van der Waals surface area contributed by atoms with E-state index in [9.17, 15) is 22.4 Å². The zero-order valence-electron chi connectivity index (χ0n) is 16.4. The van der Waals surface area contributed by atoms with Gasteiger partial charge in [-0.2, -0.15) is 5.10 Å². The summed E-state index contributed by atoms with van der Waals surface area (Å²) >= 11 is 0. The Morgan fingerprint density at radius 2 is 1.77 bits per heavy atom. The van der Waals surface area contributed by atoms with E-state index in [0.717, 1.165) is 0 Å². The number of amides is 2. The molecule has 2 fully saturated rings. The number of piperazine rings is 1. The first kappa shape index (κ1) is 20.7. The van der Waals surface area contributed by atoms with Crippen LogP contribution in [0.5, 0.6) is 0 Å². The predicted molar refractivity (Wildman–Crippen MR) is 109 cm³/mol. The third kappa shape index (κ3) is 4.17.